The van der Waals surface area contributed by atoms with E-state index < -0.39 is 10.5 Å². The summed E-state index contributed by atoms with van der Waals surface area (Å²) in [5, 5.41) is 23.7. The number of amides is 1. The highest BCUT2D eigenvalue weighted by molar-refractivity contribution is 6.32. The monoisotopic (exact) mass is 434 g/mol. The lowest BCUT2D eigenvalue weighted by Crippen LogP contribution is -2.42. The van der Waals surface area contributed by atoms with E-state index in [1.54, 1.807) is 4.90 Å². The van der Waals surface area contributed by atoms with Crippen LogP contribution in [0.25, 0.3) is 0 Å². The third-order valence-corrected chi connectivity index (χ3v) is 5.91. The fourth-order valence-electron chi connectivity index (χ4n) is 4.44. The number of hydrogen-bond donors (Lipinski definition) is 1. The third kappa shape index (κ3) is 4.96. The molecule has 1 heterocycles. The molecule has 1 amide bonds. The number of anilines is 1. The number of rotatable bonds is 5. The molecule has 2 fully saturated rings. The third-order valence-electron chi connectivity index (χ3n) is 5.60. The fourth-order valence-corrected chi connectivity index (χ4v) is 4.64. The summed E-state index contributed by atoms with van der Waals surface area (Å²) in [6, 6.07) is 4.57. The van der Waals surface area contributed by atoms with Crippen LogP contribution in [0.15, 0.2) is 12.1 Å². The molecule has 1 saturated heterocycles. The summed E-state index contributed by atoms with van der Waals surface area (Å²) in [6.45, 7) is 7.99. The number of ether oxygens (including phenoxy) is 1. The minimum atomic E-state index is -0.513. The Hall–Kier alpha value is -2.53. The van der Waals surface area contributed by atoms with E-state index in [2.05, 4.69) is 26.1 Å². The van der Waals surface area contributed by atoms with E-state index >= 15 is 0 Å². The summed E-state index contributed by atoms with van der Waals surface area (Å²) in [6.07, 6.45) is 3.15. The molecular weight excluding hydrogens is 408 g/mol. The molecule has 1 aromatic carbocycles. The maximum Gasteiger partial charge on any atom is 0.410 e. The van der Waals surface area contributed by atoms with Crippen LogP contribution in [0.4, 0.5) is 16.2 Å². The largest absolute Gasteiger partial charge is 0.441 e. The number of hydrogen-bond acceptors (Lipinski definition) is 6. The van der Waals surface area contributed by atoms with Gasteiger partial charge in [-0.15, -0.1) is 0 Å². The fraction of sp³-hybridized carbons (Fsp3) is 0.619. The van der Waals surface area contributed by atoms with Gasteiger partial charge in [-0.2, -0.15) is 5.26 Å². The normalized spacial score (nSPS) is 23.9. The molecule has 1 spiro atoms. The molecule has 2 atom stereocenters. The van der Waals surface area contributed by atoms with Gasteiger partial charge >= 0.3 is 6.09 Å². The van der Waals surface area contributed by atoms with E-state index in [4.69, 9.17) is 16.3 Å². The van der Waals surface area contributed by atoms with E-state index in [1.165, 1.54) is 12.1 Å². The van der Waals surface area contributed by atoms with Crippen LogP contribution in [0, 0.1) is 32.8 Å². The number of halogens is 1. The first-order valence-corrected chi connectivity index (χ1v) is 10.5. The van der Waals surface area contributed by atoms with Gasteiger partial charge in [-0.1, -0.05) is 32.4 Å². The number of nitriles is 1. The maximum absolute atomic E-state index is 12.4. The van der Waals surface area contributed by atoms with Gasteiger partial charge in [-0.3, -0.25) is 10.1 Å². The van der Waals surface area contributed by atoms with Crippen LogP contribution in [-0.2, 0) is 4.74 Å². The molecule has 0 radical (unpaired) electrons. The Kier molecular flexibility index (Phi) is 6.14. The van der Waals surface area contributed by atoms with Crippen molar-refractivity contribution in [2.75, 3.05) is 25.0 Å². The van der Waals surface area contributed by atoms with Gasteiger partial charge in [0.25, 0.3) is 5.69 Å². The molecule has 1 saturated carbocycles. The molecule has 0 aromatic heterocycles. The minimum absolute atomic E-state index is 0.00780. The lowest BCUT2D eigenvalue weighted by atomic mass is 9.77. The van der Waals surface area contributed by atoms with Crippen LogP contribution in [0.5, 0.6) is 0 Å². The molecule has 9 heteroatoms. The molecule has 0 unspecified atom stereocenters. The lowest BCUT2D eigenvalue weighted by molar-refractivity contribution is -0.383. The van der Waals surface area contributed by atoms with Gasteiger partial charge in [0.1, 0.15) is 17.4 Å². The maximum atomic E-state index is 12.4. The topological polar surface area (TPSA) is 108 Å². The summed E-state index contributed by atoms with van der Waals surface area (Å²) >= 11 is 5.94. The van der Waals surface area contributed by atoms with Crippen LogP contribution >= 0.6 is 11.6 Å². The van der Waals surface area contributed by atoms with Gasteiger partial charge in [0.15, 0.2) is 0 Å². The van der Waals surface area contributed by atoms with Gasteiger partial charge in [0.05, 0.1) is 22.1 Å². The Morgan fingerprint density at radius 3 is 2.83 bits per heavy atom. The first kappa shape index (κ1) is 22.2. The van der Waals surface area contributed by atoms with Crippen LogP contribution in [0.3, 0.4) is 0 Å². The molecule has 1 N–H and O–H groups in total. The van der Waals surface area contributed by atoms with Crippen molar-refractivity contribution in [3.05, 3.63) is 32.8 Å². The number of carbonyl (C=O) groups is 1. The predicted molar refractivity (Wildman–Crippen MR) is 114 cm³/mol. The van der Waals surface area contributed by atoms with Crippen molar-refractivity contribution in [2.24, 2.45) is 11.3 Å². The Labute approximate surface area is 181 Å². The summed E-state index contributed by atoms with van der Waals surface area (Å²) < 4.78 is 5.84. The highest BCUT2D eigenvalue weighted by atomic mass is 35.5. The van der Waals surface area contributed by atoms with Crippen molar-refractivity contribution in [1.29, 1.82) is 5.26 Å². The summed E-state index contributed by atoms with van der Waals surface area (Å²) in [5.41, 5.74) is -0.193. The van der Waals surface area contributed by atoms with Crippen LogP contribution < -0.4 is 5.32 Å². The molecule has 1 aliphatic heterocycles. The standard InChI is InChI=1S/C21H27ClN4O4/c1-20(2,3)12-25-13-21(30-19(25)27)6-4-5-14(9-21)11-24-17-7-15(10-23)16(22)8-18(17)26(28)29/h7-8,14,24H,4-6,9,11-13H2,1-3H3/t14-,21-/m0/s1. The second kappa shape index (κ2) is 8.31. The van der Waals surface area contributed by atoms with Crippen molar-refractivity contribution >= 4 is 29.1 Å². The molecule has 2 aliphatic rings. The number of nitro benzene ring substituents is 1. The van der Waals surface area contributed by atoms with E-state index in [9.17, 15) is 20.2 Å². The molecule has 162 valence electrons. The van der Waals surface area contributed by atoms with Crippen LogP contribution in [-0.4, -0.2) is 41.2 Å². The molecule has 8 nitrogen and oxygen atoms in total. The summed E-state index contributed by atoms with van der Waals surface area (Å²) in [5.74, 6) is 0.196. The SMILES string of the molecule is CC(C)(C)CN1C[C@@]2(CCC[C@H](CNc3cc(C#N)c(Cl)cc3[N+](=O)[O-])C2)OC1=O. The zero-order valence-electron chi connectivity index (χ0n) is 17.5. The first-order valence-electron chi connectivity index (χ1n) is 10.1. The predicted octanol–water partition coefficient (Wildman–Crippen LogP) is 4.96. The molecule has 30 heavy (non-hydrogen) atoms. The van der Waals surface area contributed by atoms with Crippen molar-refractivity contribution in [3.8, 4) is 6.07 Å². The van der Waals surface area contributed by atoms with E-state index in [1.807, 2.05) is 6.07 Å². The Balaban J connectivity index is 1.69. The van der Waals surface area contributed by atoms with Crippen molar-refractivity contribution < 1.29 is 14.5 Å². The van der Waals surface area contributed by atoms with Crippen molar-refractivity contribution in [1.82, 2.24) is 4.90 Å². The van der Waals surface area contributed by atoms with Gasteiger partial charge in [0, 0.05) is 19.2 Å². The molecule has 0 bridgehead atoms. The van der Waals surface area contributed by atoms with Gasteiger partial charge in [-0.25, -0.2) is 4.79 Å². The number of nitrogens with zero attached hydrogens (tertiary/aromatic N) is 3. The lowest BCUT2D eigenvalue weighted by Gasteiger charge is -2.36. The quantitative estimate of drug-likeness (QED) is 0.518. The minimum Gasteiger partial charge on any atom is -0.441 e. The number of benzene rings is 1. The summed E-state index contributed by atoms with van der Waals surface area (Å²) in [7, 11) is 0. The Morgan fingerprint density at radius 1 is 1.47 bits per heavy atom. The second-order valence-electron chi connectivity index (χ2n) is 9.53. The van der Waals surface area contributed by atoms with Gasteiger partial charge < -0.3 is 15.0 Å². The smallest absolute Gasteiger partial charge is 0.410 e. The van der Waals surface area contributed by atoms with E-state index in [-0.39, 0.29) is 39.4 Å². The van der Waals surface area contributed by atoms with E-state index in [0.29, 0.717) is 26.1 Å². The number of nitrogens with one attached hydrogen (secondary N) is 1. The zero-order valence-corrected chi connectivity index (χ0v) is 18.3. The first-order chi connectivity index (χ1) is 14.0. The van der Waals surface area contributed by atoms with Crippen LogP contribution in [0.2, 0.25) is 5.02 Å². The van der Waals surface area contributed by atoms with E-state index in [0.717, 1.165) is 19.3 Å². The van der Waals surface area contributed by atoms with Gasteiger partial charge in [0.2, 0.25) is 0 Å². The highest BCUT2D eigenvalue weighted by Gasteiger charge is 2.48. The molecule has 3 rings (SSSR count). The van der Waals surface area contributed by atoms with Crippen molar-refractivity contribution in [2.45, 2.75) is 52.1 Å². The zero-order chi connectivity index (χ0) is 22.1. The average Bonchev–Trinajstić information content (AvgIpc) is 2.92. The number of nitro groups is 1. The number of carbonyl (C=O) groups excluding carboxylic acids is 1. The Morgan fingerprint density at radius 2 is 2.20 bits per heavy atom. The van der Waals surface area contributed by atoms with Gasteiger partial charge in [-0.05, 0) is 43.1 Å². The Bertz CT molecular complexity index is 892. The highest BCUT2D eigenvalue weighted by Crippen LogP contribution is 2.41. The van der Waals surface area contributed by atoms with Crippen LogP contribution in [0.1, 0.15) is 52.0 Å². The summed E-state index contributed by atoms with van der Waals surface area (Å²) in [4.78, 5) is 25.1. The molecule has 1 aliphatic carbocycles. The molecular formula is C21H27ClN4O4. The molecule has 1 aromatic rings. The van der Waals surface area contributed by atoms with Crippen molar-refractivity contribution in [3.63, 3.8) is 0 Å². The second-order valence-corrected chi connectivity index (χ2v) is 9.94. The average molecular weight is 435 g/mol.